The van der Waals surface area contributed by atoms with Crippen LogP contribution in [0.1, 0.15) is 341 Å². The van der Waals surface area contributed by atoms with E-state index in [2.05, 4.69) is 19.2 Å². The molecule has 0 radical (unpaired) electrons. The number of rotatable bonds is 57. The highest BCUT2D eigenvalue weighted by atomic mass is 16.7. The van der Waals surface area contributed by atoms with Crippen LogP contribution in [0.25, 0.3) is 0 Å². The Morgan fingerprint density at radius 3 is 0.986 bits per heavy atom. The molecule has 72 heavy (non-hydrogen) atoms. The van der Waals surface area contributed by atoms with E-state index in [-0.39, 0.29) is 12.5 Å². The third-order valence-corrected chi connectivity index (χ3v) is 16.0. The molecule has 1 saturated heterocycles. The summed E-state index contributed by atoms with van der Waals surface area (Å²) in [6.07, 6.45) is 59.3. The third-order valence-electron chi connectivity index (χ3n) is 16.0. The number of carbonyl (C=O) groups excluding carboxylic acids is 1. The zero-order chi connectivity index (χ0) is 52.2. The molecule has 9 nitrogen and oxygen atoms in total. The molecule has 0 aliphatic carbocycles. The fraction of sp³-hybridized carbons (Fsp3) is 0.984. The van der Waals surface area contributed by atoms with Crippen molar-refractivity contribution >= 4 is 5.91 Å². The van der Waals surface area contributed by atoms with Gasteiger partial charge in [0.2, 0.25) is 5.91 Å². The molecular formula is C63H125NO8. The first kappa shape index (κ1) is 69.2. The maximum atomic E-state index is 13.0. The molecule has 1 aliphatic heterocycles. The smallest absolute Gasteiger partial charge is 0.220 e. The van der Waals surface area contributed by atoms with E-state index in [1.807, 2.05) is 0 Å². The van der Waals surface area contributed by atoms with Crippen LogP contribution < -0.4 is 5.32 Å². The topological polar surface area (TPSA) is 149 Å². The Kier molecular flexibility index (Phi) is 51.5. The summed E-state index contributed by atoms with van der Waals surface area (Å²) in [5.74, 6) is -0.139. The lowest BCUT2D eigenvalue weighted by molar-refractivity contribution is -0.302. The summed E-state index contributed by atoms with van der Waals surface area (Å²) in [5, 5.41) is 54.4. The monoisotopic (exact) mass is 1020 g/mol. The zero-order valence-corrected chi connectivity index (χ0v) is 48.0. The largest absolute Gasteiger partial charge is 0.394 e. The van der Waals surface area contributed by atoms with Gasteiger partial charge in [0.15, 0.2) is 6.29 Å². The molecule has 1 aliphatic rings. The molecule has 6 N–H and O–H groups in total. The fourth-order valence-corrected chi connectivity index (χ4v) is 10.9. The number of unbranched alkanes of at least 4 members (excludes halogenated alkanes) is 47. The lowest BCUT2D eigenvalue weighted by atomic mass is 9.99. The molecule has 0 aromatic rings. The molecule has 7 atom stereocenters. The summed E-state index contributed by atoms with van der Waals surface area (Å²) in [5.41, 5.74) is 0. The summed E-state index contributed by atoms with van der Waals surface area (Å²) in [4.78, 5) is 13.0. The van der Waals surface area contributed by atoms with Crippen molar-refractivity contribution in [1.29, 1.82) is 0 Å². The van der Waals surface area contributed by atoms with Gasteiger partial charge < -0.3 is 40.3 Å². The van der Waals surface area contributed by atoms with Crippen LogP contribution in [0.5, 0.6) is 0 Å². The molecule has 9 heteroatoms. The SMILES string of the molecule is CCCCCCCCCCCCCCCCCCCCCCCCCCCCCCCCCCCCCCCCCCC(=O)NC(COC1OC(CO)C(O)C(O)C1O)C(O)CCCCCCCCCCC. The van der Waals surface area contributed by atoms with Crippen molar-refractivity contribution in [3.05, 3.63) is 0 Å². The molecule has 0 aromatic carbocycles. The van der Waals surface area contributed by atoms with Gasteiger partial charge in [-0.3, -0.25) is 4.79 Å². The maximum Gasteiger partial charge on any atom is 0.220 e. The summed E-state index contributed by atoms with van der Waals surface area (Å²) < 4.78 is 11.3. The molecule has 0 bridgehead atoms. The van der Waals surface area contributed by atoms with Crippen molar-refractivity contribution in [3.8, 4) is 0 Å². The summed E-state index contributed by atoms with van der Waals surface area (Å²) in [7, 11) is 0. The van der Waals surface area contributed by atoms with Crippen molar-refractivity contribution in [2.24, 2.45) is 0 Å². The van der Waals surface area contributed by atoms with Crippen LogP contribution in [0.4, 0.5) is 0 Å². The van der Waals surface area contributed by atoms with Gasteiger partial charge >= 0.3 is 0 Å². The average molecular weight is 1020 g/mol. The lowest BCUT2D eigenvalue weighted by Crippen LogP contribution is -2.60. The molecular weight excluding hydrogens is 899 g/mol. The van der Waals surface area contributed by atoms with Crippen LogP contribution in [0.2, 0.25) is 0 Å². The van der Waals surface area contributed by atoms with Gasteiger partial charge in [0.25, 0.3) is 0 Å². The Labute approximate surface area is 446 Å². The van der Waals surface area contributed by atoms with Gasteiger partial charge in [-0.05, 0) is 12.8 Å². The maximum absolute atomic E-state index is 13.0. The molecule has 1 heterocycles. The highest BCUT2D eigenvalue weighted by molar-refractivity contribution is 5.76. The van der Waals surface area contributed by atoms with Gasteiger partial charge in [-0.15, -0.1) is 0 Å². The van der Waals surface area contributed by atoms with Crippen LogP contribution in [-0.2, 0) is 14.3 Å². The minimum Gasteiger partial charge on any atom is -0.394 e. The Morgan fingerprint density at radius 1 is 0.417 bits per heavy atom. The second-order valence-electron chi connectivity index (χ2n) is 22.9. The van der Waals surface area contributed by atoms with Crippen LogP contribution in [0.3, 0.4) is 0 Å². The minimum absolute atomic E-state index is 0.132. The third kappa shape index (κ3) is 42.3. The standard InChI is InChI=1S/C63H125NO8/c1-3-5-7-9-11-13-14-15-16-17-18-19-20-21-22-23-24-25-26-27-28-29-30-31-32-33-34-35-36-37-38-39-40-41-42-43-45-47-49-51-53-59(67)64-56(57(66)52-50-48-46-44-12-10-8-6-4-2)55-71-63-62(70)61(69)60(68)58(54-65)72-63/h56-58,60-63,65-66,68-70H,3-55H2,1-2H3,(H,64,67). The predicted molar refractivity (Wildman–Crippen MR) is 304 cm³/mol. The number of ether oxygens (including phenoxy) is 2. The van der Waals surface area contributed by atoms with E-state index in [0.29, 0.717) is 12.8 Å². The minimum atomic E-state index is -1.55. The molecule has 1 rings (SSSR count). The number of hydrogen-bond acceptors (Lipinski definition) is 8. The first-order valence-corrected chi connectivity index (χ1v) is 32.2. The van der Waals surface area contributed by atoms with Crippen molar-refractivity contribution in [2.45, 2.75) is 384 Å². The Balaban J connectivity index is 1.94. The van der Waals surface area contributed by atoms with E-state index in [0.717, 1.165) is 38.5 Å². The molecule has 0 saturated carbocycles. The van der Waals surface area contributed by atoms with E-state index < -0.39 is 49.5 Å². The van der Waals surface area contributed by atoms with Gasteiger partial charge in [0.05, 0.1) is 25.4 Å². The van der Waals surface area contributed by atoms with Crippen LogP contribution in [0.15, 0.2) is 0 Å². The first-order chi connectivity index (χ1) is 35.3. The number of nitrogens with one attached hydrogen (secondary N) is 1. The van der Waals surface area contributed by atoms with Gasteiger partial charge in [-0.1, -0.05) is 322 Å². The number of carbonyl (C=O) groups is 1. The number of aliphatic hydroxyl groups excluding tert-OH is 5. The lowest BCUT2D eigenvalue weighted by Gasteiger charge is -2.40. The number of aliphatic hydroxyl groups is 5. The van der Waals surface area contributed by atoms with Crippen LogP contribution in [-0.4, -0.2) is 87.5 Å². The summed E-state index contributed by atoms with van der Waals surface area (Å²) in [6.45, 7) is 3.85. The Morgan fingerprint density at radius 2 is 0.694 bits per heavy atom. The molecule has 7 unspecified atom stereocenters. The predicted octanol–water partition coefficient (Wildman–Crippen LogP) is 16.6. The molecule has 0 spiro atoms. The summed E-state index contributed by atoms with van der Waals surface area (Å²) >= 11 is 0. The van der Waals surface area contributed by atoms with E-state index in [1.54, 1.807) is 0 Å². The van der Waals surface area contributed by atoms with Crippen molar-refractivity contribution < 1.29 is 39.8 Å². The highest BCUT2D eigenvalue weighted by Gasteiger charge is 2.44. The van der Waals surface area contributed by atoms with Crippen LogP contribution in [0, 0.1) is 0 Å². The second-order valence-corrected chi connectivity index (χ2v) is 22.9. The molecule has 0 aromatic heterocycles. The van der Waals surface area contributed by atoms with Gasteiger partial charge in [0, 0.05) is 6.42 Å². The molecule has 1 fully saturated rings. The summed E-state index contributed by atoms with van der Waals surface area (Å²) in [6, 6.07) is -0.712. The Hall–Kier alpha value is -0.810. The van der Waals surface area contributed by atoms with Crippen molar-refractivity contribution in [1.82, 2.24) is 5.32 Å². The van der Waals surface area contributed by atoms with Gasteiger partial charge in [-0.2, -0.15) is 0 Å². The van der Waals surface area contributed by atoms with E-state index >= 15 is 0 Å². The Bertz CT molecular complexity index is 1100. The first-order valence-electron chi connectivity index (χ1n) is 32.2. The average Bonchev–Trinajstić information content (AvgIpc) is 3.38. The van der Waals surface area contributed by atoms with Gasteiger partial charge in [0.1, 0.15) is 24.4 Å². The fourth-order valence-electron chi connectivity index (χ4n) is 10.9. The van der Waals surface area contributed by atoms with Crippen molar-refractivity contribution in [2.75, 3.05) is 13.2 Å². The van der Waals surface area contributed by atoms with E-state index in [1.165, 1.54) is 276 Å². The highest BCUT2D eigenvalue weighted by Crippen LogP contribution is 2.24. The number of hydrogen-bond donors (Lipinski definition) is 6. The van der Waals surface area contributed by atoms with Gasteiger partial charge in [-0.25, -0.2) is 0 Å². The quantitative estimate of drug-likeness (QED) is 0.0330. The molecule has 1 amide bonds. The normalized spacial score (nSPS) is 19.0. The zero-order valence-electron chi connectivity index (χ0n) is 48.0. The van der Waals surface area contributed by atoms with Crippen molar-refractivity contribution in [3.63, 3.8) is 0 Å². The molecule has 430 valence electrons. The van der Waals surface area contributed by atoms with E-state index in [4.69, 9.17) is 9.47 Å². The number of amides is 1. The second kappa shape index (κ2) is 53.6. The van der Waals surface area contributed by atoms with Crippen LogP contribution >= 0.6 is 0 Å². The van der Waals surface area contributed by atoms with E-state index in [9.17, 15) is 30.3 Å².